The van der Waals surface area contributed by atoms with Crippen LogP contribution in [0.25, 0.3) is 0 Å². The fraction of sp³-hybridized carbons (Fsp3) is 0.304. The third kappa shape index (κ3) is 6.67. The van der Waals surface area contributed by atoms with E-state index in [9.17, 15) is 4.79 Å². The average molecular weight is 561 g/mol. The van der Waals surface area contributed by atoms with Crippen LogP contribution in [-0.4, -0.2) is 59.5 Å². The van der Waals surface area contributed by atoms with Gasteiger partial charge < -0.3 is 24.9 Å². The van der Waals surface area contributed by atoms with E-state index in [1.165, 1.54) is 6.26 Å². The second-order valence-electron chi connectivity index (χ2n) is 7.32. The number of nitrogens with zero attached hydrogens (tertiary/aromatic N) is 5. The number of amides is 1. The number of hydrogen-bond acceptors (Lipinski definition) is 6. The summed E-state index contributed by atoms with van der Waals surface area (Å²) in [4.78, 5) is 30.0. The lowest BCUT2D eigenvalue weighted by Gasteiger charge is -2.36. The number of halogens is 1. The number of aromatic nitrogens is 2. The monoisotopic (exact) mass is 561 g/mol. The van der Waals surface area contributed by atoms with Gasteiger partial charge in [-0.05, 0) is 42.8 Å². The second-order valence-corrected chi connectivity index (χ2v) is 7.32. The number of anilines is 2. The Morgan fingerprint density at radius 2 is 1.79 bits per heavy atom. The van der Waals surface area contributed by atoms with Crippen LogP contribution >= 0.6 is 24.0 Å². The van der Waals surface area contributed by atoms with Gasteiger partial charge in [0.15, 0.2) is 11.7 Å². The minimum atomic E-state index is -0.268. The molecule has 1 aromatic carbocycles. The molecule has 174 valence electrons. The van der Waals surface area contributed by atoms with Crippen molar-refractivity contribution in [3.05, 3.63) is 72.4 Å². The molecule has 2 N–H and O–H groups in total. The van der Waals surface area contributed by atoms with Crippen LogP contribution in [0.1, 0.15) is 23.0 Å². The van der Waals surface area contributed by atoms with Crippen molar-refractivity contribution in [1.82, 2.24) is 20.2 Å². The summed E-state index contributed by atoms with van der Waals surface area (Å²) in [5, 5.41) is 6.21. The van der Waals surface area contributed by atoms with Gasteiger partial charge in [0.25, 0.3) is 5.91 Å². The summed E-state index contributed by atoms with van der Waals surface area (Å²) in [5.74, 6) is 1.69. The summed E-state index contributed by atoms with van der Waals surface area (Å²) >= 11 is 0. The van der Waals surface area contributed by atoms with E-state index < -0.39 is 0 Å². The number of rotatable bonds is 6. The molecule has 4 rings (SSSR count). The van der Waals surface area contributed by atoms with Crippen molar-refractivity contribution < 1.29 is 9.21 Å². The first-order valence-electron chi connectivity index (χ1n) is 10.7. The predicted octanol–water partition coefficient (Wildman–Crippen LogP) is 3.23. The molecule has 1 aliphatic rings. The molecular weight excluding hydrogens is 533 g/mol. The van der Waals surface area contributed by atoms with Gasteiger partial charge in [-0.2, -0.15) is 0 Å². The maximum Gasteiger partial charge on any atom is 0.291 e. The Morgan fingerprint density at radius 3 is 2.42 bits per heavy atom. The van der Waals surface area contributed by atoms with Crippen LogP contribution in [0.5, 0.6) is 0 Å². The van der Waals surface area contributed by atoms with E-state index in [-0.39, 0.29) is 35.6 Å². The summed E-state index contributed by atoms with van der Waals surface area (Å²) in [7, 11) is 0. The van der Waals surface area contributed by atoms with Crippen molar-refractivity contribution in [2.24, 2.45) is 4.99 Å². The van der Waals surface area contributed by atoms with Gasteiger partial charge in [0.2, 0.25) is 5.95 Å². The third-order valence-corrected chi connectivity index (χ3v) is 5.12. The number of carbonyl (C=O) groups excluding carboxylic acids is 1. The third-order valence-electron chi connectivity index (χ3n) is 5.12. The highest BCUT2D eigenvalue weighted by Gasteiger charge is 2.21. The zero-order valence-corrected chi connectivity index (χ0v) is 20.8. The topological polar surface area (TPSA) is 98.9 Å². The van der Waals surface area contributed by atoms with Gasteiger partial charge in [-0.3, -0.25) is 4.79 Å². The molecular formula is C23H28IN7O2. The smallest absolute Gasteiger partial charge is 0.291 e. The van der Waals surface area contributed by atoms with Crippen LogP contribution in [0.15, 0.2) is 70.5 Å². The van der Waals surface area contributed by atoms with Crippen molar-refractivity contribution >= 4 is 47.5 Å². The van der Waals surface area contributed by atoms with Gasteiger partial charge in [-0.15, -0.1) is 24.0 Å². The highest BCUT2D eigenvalue weighted by Crippen LogP contribution is 2.14. The molecule has 10 heteroatoms. The SMILES string of the molecule is CCNC(=NCc1ccc(NC(=O)c2ccco2)cc1)N1CCN(c2ncccn2)CC1.I. The van der Waals surface area contributed by atoms with Gasteiger partial charge in [0, 0.05) is 50.8 Å². The van der Waals surface area contributed by atoms with Gasteiger partial charge in [0.05, 0.1) is 12.8 Å². The molecule has 3 aromatic rings. The average Bonchev–Trinajstić information content (AvgIpc) is 3.39. The molecule has 0 radical (unpaired) electrons. The van der Waals surface area contributed by atoms with E-state index in [0.717, 1.165) is 50.2 Å². The largest absolute Gasteiger partial charge is 0.459 e. The molecule has 1 fully saturated rings. The first-order chi connectivity index (χ1) is 15.7. The maximum absolute atomic E-state index is 12.1. The zero-order chi connectivity index (χ0) is 22.2. The van der Waals surface area contributed by atoms with Crippen molar-refractivity contribution in [3.8, 4) is 0 Å². The fourth-order valence-electron chi connectivity index (χ4n) is 3.46. The molecule has 0 spiro atoms. The number of nitrogens with one attached hydrogen (secondary N) is 2. The molecule has 0 atom stereocenters. The second kappa shape index (κ2) is 12.2. The van der Waals surface area contributed by atoms with Crippen molar-refractivity contribution in [3.63, 3.8) is 0 Å². The molecule has 1 aliphatic heterocycles. The lowest BCUT2D eigenvalue weighted by atomic mass is 10.2. The Bertz CT molecular complexity index is 1020. The summed E-state index contributed by atoms with van der Waals surface area (Å²) in [6, 6.07) is 12.8. The summed E-state index contributed by atoms with van der Waals surface area (Å²) < 4.78 is 5.12. The molecule has 0 aliphatic carbocycles. The maximum atomic E-state index is 12.1. The minimum Gasteiger partial charge on any atom is -0.459 e. The molecule has 0 saturated carbocycles. The fourth-order valence-corrected chi connectivity index (χ4v) is 3.46. The molecule has 33 heavy (non-hydrogen) atoms. The Labute approximate surface area is 210 Å². The van der Waals surface area contributed by atoms with E-state index in [0.29, 0.717) is 12.2 Å². The minimum absolute atomic E-state index is 0. The Balaban J connectivity index is 0.00000306. The highest BCUT2D eigenvalue weighted by atomic mass is 127. The summed E-state index contributed by atoms with van der Waals surface area (Å²) in [5.41, 5.74) is 1.78. The Hall–Kier alpha value is -3.15. The van der Waals surface area contributed by atoms with Crippen LogP contribution in [0.4, 0.5) is 11.6 Å². The van der Waals surface area contributed by atoms with E-state index in [1.807, 2.05) is 30.3 Å². The molecule has 3 heterocycles. The molecule has 9 nitrogen and oxygen atoms in total. The van der Waals surface area contributed by atoms with E-state index in [1.54, 1.807) is 24.5 Å². The number of benzene rings is 1. The number of furan rings is 1. The van der Waals surface area contributed by atoms with Crippen LogP contribution in [0, 0.1) is 0 Å². The van der Waals surface area contributed by atoms with Gasteiger partial charge >= 0.3 is 0 Å². The first kappa shape index (κ1) is 24.5. The molecule has 1 saturated heterocycles. The van der Waals surface area contributed by atoms with Crippen LogP contribution < -0.4 is 15.5 Å². The lowest BCUT2D eigenvalue weighted by molar-refractivity contribution is 0.0996. The first-order valence-corrected chi connectivity index (χ1v) is 10.7. The van der Waals surface area contributed by atoms with Gasteiger partial charge in [-0.25, -0.2) is 15.0 Å². The molecule has 0 bridgehead atoms. The quantitative estimate of drug-likeness (QED) is 0.271. The van der Waals surface area contributed by atoms with Crippen LogP contribution in [0.3, 0.4) is 0 Å². The number of aliphatic imine (C=N–C) groups is 1. The standard InChI is InChI=1S/C23H27N7O2.HI/c1-2-24-22(29-12-14-30(15-13-29)23-25-10-4-11-26-23)27-17-18-6-8-19(9-7-18)28-21(31)20-5-3-16-32-20;/h3-11,16H,2,12-15,17H2,1H3,(H,24,27)(H,28,31);1H. The molecule has 1 amide bonds. The normalized spacial score (nSPS) is 13.9. The van der Waals surface area contributed by atoms with Crippen molar-refractivity contribution in [1.29, 1.82) is 0 Å². The number of piperazine rings is 1. The van der Waals surface area contributed by atoms with Gasteiger partial charge in [0.1, 0.15) is 0 Å². The highest BCUT2D eigenvalue weighted by molar-refractivity contribution is 14.0. The number of carbonyl (C=O) groups is 1. The Morgan fingerprint density at radius 1 is 1.06 bits per heavy atom. The number of hydrogen-bond donors (Lipinski definition) is 2. The van der Waals surface area contributed by atoms with Crippen LogP contribution in [-0.2, 0) is 6.54 Å². The van der Waals surface area contributed by atoms with E-state index in [4.69, 9.17) is 9.41 Å². The van der Waals surface area contributed by atoms with Crippen LogP contribution in [0.2, 0.25) is 0 Å². The van der Waals surface area contributed by atoms with E-state index in [2.05, 4.69) is 37.3 Å². The molecule has 0 unspecified atom stereocenters. The number of guanidine groups is 1. The molecule has 2 aromatic heterocycles. The zero-order valence-electron chi connectivity index (χ0n) is 18.5. The predicted molar refractivity (Wildman–Crippen MR) is 139 cm³/mol. The Kier molecular flexibility index (Phi) is 9.04. The van der Waals surface area contributed by atoms with E-state index >= 15 is 0 Å². The van der Waals surface area contributed by atoms with Crippen molar-refractivity contribution in [2.45, 2.75) is 13.5 Å². The van der Waals surface area contributed by atoms with Gasteiger partial charge in [-0.1, -0.05) is 12.1 Å². The lowest BCUT2D eigenvalue weighted by Crippen LogP contribution is -2.52. The van der Waals surface area contributed by atoms with Crippen molar-refractivity contribution in [2.75, 3.05) is 42.9 Å². The summed E-state index contributed by atoms with van der Waals surface area (Å²) in [6.07, 6.45) is 5.02. The summed E-state index contributed by atoms with van der Waals surface area (Å²) in [6.45, 7) is 6.82.